The number of methoxy groups -OCH3 is 1. The molecule has 0 saturated heterocycles. The molecule has 0 aliphatic heterocycles. The van der Waals surface area contributed by atoms with E-state index in [9.17, 15) is 9.18 Å². The Morgan fingerprint density at radius 3 is 2.53 bits per heavy atom. The van der Waals surface area contributed by atoms with Gasteiger partial charge in [-0.05, 0) is 74.9 Å². The van der Waals surface area contributed by atoms with Crippen molar-refractivity contribution in [2.75, 3.05) is 30.9 Å². The lowest BCUT2D eigenvalue weighted by Gasteiger charge is -2.30. The molecule has 8 nitrogen and oxygen atoms in total. The summed E-state index contributed by atoms with van der Waals surface area (Å²) in [4.78, 5) is 21.5. The average molecular weight is 495 g/mol. The van der Waals surface area contributed by atoms with Crippen LogP contribution in [0, 0.1) is 5.82 Å². The molecule has 0 atom stereocenters. The lowest BCUT2D eigenvalue weighted by atomic mass is 9.91. The number of nitrogens with one attached hydrogen (secondary N) is 4. The first-order valence-corrected chi connectivity index (χ1v) is 12.6. The predicted octanol–water partition coefficient (Wildman–Crippen LogP) is 4.92. The van der Waals surface area contributed by atoms with E-state index in [2.05, 4.69) is 26.3 Å². The minimum Gasteiger partial charge on any atom is -0.383 e. The molecule has 1 aromatic heterocycles. The Balaban J connectivity index is 1.54. The third kappa shape index (κ3) is 6.81. The van der Waals surface area contributed by atoms with Gasteiger partial charge in [0.05, 0.1) is 12.1 Å². The molecule has 1 fully saturated rings. The summed E-state index contributed by atoms with van der Waals surface area (Å²) in [6.45, 7) is 5.04. The number of aromatic nitrogens is 2. The molecule has 1 aliphatic carbocycles. The molecule has 1 saturated carbocycles. The lowest BCUT2D eigenvalue weighted by Crippen LogP contribution is -2.46. The van der Waals surface area contributed by atoms with E-state index in [0.29, 0.717) is 19.1 Å². The van der Waals surface area contributed by atoms with Crippen molar-refractivity contribution in [3.8, 4) is 11.1 Å². The number of fused-ring (bicyclic) bond motifs is 1. The molecule has 192 valence electrons. The fourth-order valence-corrected chi connectivity index (χ4v) is 4.49. The Morgan fingerprint density at radius 1 is 1.06 bits per heavy atom. The SMILES string of the molecule is COCCNc1nc(NC2CCC(NC(=O)NC(C)C)CC2)c2cc(-c3cccc(F)c3)ccc2n1. The van der Waals surface area contributed by atoms with Crippen LogP contribution in [-0.2, 0) is 4.74 Å². The number of anilines is 2. The Hall–Kier alpha value is -3.46. The Morgan fingerprint density at radius 2 is 1.81 bits per heavy atom. The van der Waals surface area contributed by atoms with E-state index in [1.807, 2.05) is 38.1 Å². The van der Waals surface area contributed by atoms with Gasteiger partial charge in [-0.1, -0.05) is 18.2 Å². The summed E-state index contributed by atoms with van der Waals surface area (Å²) < 4.78 is 19.0. The van der Waals surface area contributed by atoms with E-state index in [1.165, 1.54) is 12.1 Å². The molecule has 2 amide bonds. The van der Waals surface area contributed by atoms with Crippen LogP contribution < -0.4 is 21.3 Å². The van der Waals surface area contributed by atoms with Gasteiger partial charge < -0.3 is 26.0 Å². The number of nitrogens with zero attached hydrogens (tertiary/aromatic N) is 2. The second-order valence-electron chi connectivity index (χ2n) is 9.52. The number of hydrogen-bond donors (Lipinski definition) is 4. The second-order valence-corrected chi connectivity index (χ2v) is 9.52. The molecule has 4 N–H and O–H groups in total. The second kappa shape index (κ2) is 12.0. The van der Waals surface area contributed by atoms with Crippen LogP contribution in [0.4, 0.5) is 21.0 Å². The zero-order valence-corrected chi connectivity index (χ0v) is 21.1. The van der Waals surface area contributed by atoms with Crippen LogP contribution in [0.25, 0.3) is 22.0 Å². The first kappa shape index (κ1) is 25.6. The first-order valence-electron chi connectivity index (χ1n) is 12.6. The number of ether oxygens (including phenoxy) is 1. The van der Waals surface area contributed by atoms with Gasteiger partial charge in [-0.25, -0.2) is 14.2 Å². The van der Waals surface area contributed by atoms with E-state index in [1.54, 1.807) is 13.2 Å². The summed E-state index contributed by atoms with van der Waals surface area (Å²) in [5.74, 6) is 1.00. The monoisotopic (exact) mass is 494 g/mol. The van der Waals surface area contributed by atoms with E-state index < -0.39 is 0 Å². The van der Waals surface area contributed by atoms with E-state index >= 15 is 0 Å². The van der Waals surface area contributed by atoms with Crippen molar-refractivity contribution >= 4 is 28.7 Å². The third-order valence-corrected chi connectivity index (χ3v) is 6.27. The van der Waals surface area contributed by atoms with Crippen LogP contribution in [0.1, 0.15) is 39.5 Å². The van der Waals surface area contributed by atoms with Crippen molar-refractivity contribution < 1.29 is 13.9 Å². The number of rotatable bonds is 9. The standard InChI is InChI=1S/C27H35FN6O2/c1-17(2)30-27(35)32-22-10-8-21(9-11-22)31-25-23-16-19(18-5-4-6-20(28)15-18)7-12-24(23)33-26(34-25)29-13-14-36-3/h4-7,12,15-17,21-22H,8-11,13-14H2,1-3H3,(H2,30,32,35)(H2,29,31,33,34). The van der Waals surface area contributed by atoms with Crippen molar-refractivity contribution in [1.82, 2.24) is 20.6 Å². The normalized spacial score (nSPS) is 17.7. The Bertz CT molecular complexity index is 1180. The summed E-state index contributed by atoms with van der Waals surface area (Å²) in [7, 11) is 1.65. The van der Waals surface area contributed by atoms with Crippen molar-refractivity contribution in [3.05, 3.63) is 48.3 Å². The maximum atomic E-state index is 13.8. The maximum Gasteiger partial charge on any atom is 0.315 e. The topological polar surface area (TPSA) is 100 Å². The fraction of sp³-hybridized carbons (Fsp3) is 0.444. The molecule has 1 heterocycles. The van der Waals surface area contributed by atoms with Gasteiger partial charge in [0.1, 0.15) is 11.6 Å². The Kier molecular flexibility index (Phi) is 8.53. The minimum absolute atomic E-state index is 0.109. The van der Waals surface area contributed by atoms with Gasteiger partial charge >= 0.3 is 6.03 Å². The number of halogens is 1. The maximum absolute atomic E-state index is 13.8. The lowest BCUT2D eigenvalue weighted by molar-refractivity contribution is 0.210. The highest BCUT2D eigenvalue weighted by atomic mass is 19.1. The summed E-state index contributed by atoms with van der Waals surface area (Å²) in [5.41, 5.74) is 2.50. The highest BCUT2D eigenvalue weighted by Gasteiger charge is 2.23. The molecule has 0 unspecified atom stereocenters. The number of urea groups is 1. The molecule has 4 rings (SSSR count). The third-order valence-electron chi connectivity index (χ3n) is 6.27. The minimum atomic E-state index is -0.271. The van der Waals surface area contributed by atoms with Crippen LogP contribution >= 0.6 is 0 Å². The van der Waals surface area contributed by atoms with Gasteiger partial charge in [-0.15, -0.1) is 0 Å². The van der Waals surface area contributed by atoms with Crippen molar-refractivity contribution in [2.45, 2.75) is 57.7 Å². The van der Waals surface area contributed by atoms with Gasteiger partial charge in [0.25, 0.3) is 0 Å². The predicted molar refractivity (Wildman–Crippen MR) is 142 cm³/mol. The number of amides is 2. The van der Waals surface area contributed by atoms with Crippen LogP contribution in [0.15, 0.2) is 42.5 Å². The highest BCUT2D eigenvalue weighted by molar-refractivity contribution is 5.93. The van der Waals surface area contributed by atoms with Gasteiger partial charge in [0.2, 0.25) is 5.95 Å². The number of hydrogen-bond acceptors (Lipinski definition) is 6. The molecule has 1 aliphatic rings. The molecular formula is C27H35FN6O2. The zero-order valence-electron chi connectivity index (χ0n) is 21.1. The molecule has 2 aromatic carbocycles. The van der Waals surface area contributed by atoms with Gasteiger partial charge in [-0.3, -0.25) is 0 Å². The van der Waals surface area contributed by atoms with Crippen molar-refractivity contribution in [2.24, 2.45) is 0 Å². The van der Waals surface area contributed by atoms with Crippen molar-refractivity contribution in [3.63, 3.8) is 0 Å². The number of carbonyl (C=O) groups excluding carboxylic acids is 1. The highest BCUT2D eigenvalue weighted by Crippen LogP contribution is 2.31. The van der Waals surface area contributed by atoms with Gasteiger partial charge in [-0.2, -0.15) is 4.98 Å². The van der Waals surface area contributed by atoms with Crippen LogP contribution in [0.3, 0.4) is 0 Å². The zero-order chi connectivity index (χ0) is 25.5. The van der Waals surface area contributed by atoms with E-state index in [0.717, 1.165) is 53.5 Å². The Labute approximate surface area is 211 Å². The molecule has 0 radical (unpaired) electrons. The molecule has 9 heteroatoms. The molecule has 0 bridgehead atoms. The van der Waals surface area contributed by atoms with Crippen molar-refractivity contribution in [1.29, 1.82) is 0 Å². The fourth-order valence-electron chi connectivity index (χ4n) is 4.49. The first-order chi connectivity index (χ1) is 17.4. The summed E-state index contributed by atoms with van der Waals surface area (Å²) >= 11 is 0. The molecular weight excluding hydrogens is 459 g/mol. The van der Waals surface area contributed by atoms with Gasteiger partial charge in [0, 0.05) is 37.2 Å². The van der Waals surface area contributed by atoms with Crippen LogP contribution in [0.5, 0.6) is 0 Å². The largest absolute Gasteiger partial charge is 0.383 e. The van der Waals surface area contributed by atoms with Crippen LogP contribution in [-0.4, -0.2) is 54.4 Å². The number of carbonyl (C=O) groups is 1. The van der Waals surface area contributed by atoms with Gasteiger partial charge in [0.15, 0.2) is 0 Å². The smallest absolute Gasteiger partial charge is 0.315 e. The average Bonchev–Trinajstić information content (AvgIpc) is 2.85. The number of benzene rings is 2. The summed E-state index contributed by atoms with van der Waals surface area (Å²) in [5, 5.41) is 13.7. The van der Waals surface area contributed by atoms with Crippen LogP contribution in [0.2, 0.25) is 0 Å². The van der Waals surface area contributed by atoms with E-state index in [4.69, 9.17) is 9.72 Å². The van der Waals surface area contributed by atoms with E-state index in [-0.39, 0.29) is 30.0 Å². The summed E-state index contributed by atoms with van der Waals surface area (Å²) in [6, 6.07) is 12.9. The summed E-state index contributed by atoms with van der Waals surface area (Å²) in [6.07, 6.45) is 3.60. The quantitative estimate of drug-likeness (QED) is 0.315. The molecule has 36 heavy (non-hydrogen) atoms. The molecule has 0 spiro atoms. The molecule has 3 aromatic rings.